The molecular formula is C6H13NOS. The Morgan fingerprint density at radius 2 is 2.33 bits per heavy atom. The lowest BCUT2D eigenvalue weighted by atomic mass is 10.2. The molecule has 9 heavy (non-hydrogen) atoms. The molecule has 1 amide bonds. The summed E-state index contributed by atoms with van der Waals surface area (Å²) in [6.45, 7) is 2.07. The number of carbonyl (C=O) groups is 1. The van der Waals surface area contributed by atoms with Crippen molar-refractivity contribution in [3.63, 3.8) is 0 Å². The second-order valence-corrected chi connectivity index (χ2v) is 2.68. The molecule has 0 saturated heterocycles. The summed E-state index contributed by atoms with van der Waals surface area (Å²) >= 11 is 3.98. The summed E-state index contributed by atoms with van der Waals surface area (Å²) in [5.74, 6) is -0.313. The van der Waals surface area contributed by atoms with Crippen LogP contribution >= 0.6 is 12.6 Å². The van der Waals surface area contributed by atoms with E-state index in [0.717, 1.165) is 19.3 Å². The normalized spacial score (nSPS) is 13.1. The van der Waals surface area contributed by atoms with Gasteiger partial charge in [0, 0.05) is 0 Å². The lowest BCUT2D eigenvalue weighted by molar-refractivity contribution is -0.117. The molecule has 1 unspecified atom stereocenters. The highest BCUT2D eigenvalue weighted by Crippen LogP contribution is 2.05. The molecule has 0 radical (unpaired) electrons. The van der Waals surface area contributed by atoms with Crippen molar-refractivity contribution in [3.8, 4) is 0 Å². The number of rotatable bonds is 4. The Labute approximate surface area is 61.2 Å². The van der Waals surface area contributed by atoms with Gasteiger partial charge < -0.3 is 5.73 Å². The fourth-order valence-electron chi connectivity index (χ4n) is 0.540. The first-order chi connectivity index (χ1) is 4.18. The van der Waals surface area contributed by atoms with Gasteiger partial charge in [-0.3, -0.25) is 4.79 Å². The maximum Gasteiger partial charge on any atom is 0.230 e. The molecule has 0 fully saturated rings. The Morgan fingerprint density at radius 3 is 2.67 bits per heavy atom. The molecule has 2 N–H and O–H groups in total. The van der Waals surface area contributed by atoms with E-state index >= 15 is 0 Å². The molecule has 0 aromatic heterocycles. The average molecular weight is 147 g/mol. The standard InChI is InChI=1S/C6H13NOS/c1-2-3-4-5(9)6(7)8/h5,9H,2-4H2,1H3,(H2,7,8). The zero-order chi connectivity index (χ0) is 7.28. The third kappa shape index (κ3) is 4.33. The molecule has 3 heteroatoms. The Bertz CT molecular complexity index is 95.1. The number of carbonyl (C=O) groups excluding carboxylic acids is 1. The molecule has 0 aromatic carbocycles. The maximum absolute atomic E-state index is 10.4. The molecule has 0 aliphatic rings. The lowest BCUT2D eigenvalue weighted by Crippen LogP contribution is -2.23. The van der Waals surface area contributed by atoms with Gasteiger partial charge in [0.2, 0.25) is 5.91 Å². The number of unbranched alkanes of at least 4 members (excludes halogenated alkanes) is 1. The minimum atomic E-state index is -0.313. The van der Waals surface area contributed by atoms with Crippen LogP contribution in [0.25, 0.3) is 0 Å². The van der Waals surface area contributed by atoms with E-state index in [0.29, 0.717) is 0 Å². The molecule has 54 valence electrons. The fraction of sp³-hybridized carbons (Fsp3) is 0.833. The van der Waals surface area contributed by atoms with Crippen molar-refractivity contribution in [1.29, 1.82) is 0 Å². The summed E-state index contributed by atoms with van der Waals surface area (Å²) in [4.78, 5) is 10.4. The highest BCUT2D eigenvalue weighted by molar-refractivity contribution is 7.81. The van der Waals surface area contributed by atoms with E-state index in [9.17, 15) is 4.79 Å². The highest BCUT2D eigenvalue weighted by Gasteiger charge is 2.06. The van der Waals surface area contributed by atoms with E-state index in [2.05, 4.69) is 19.6 Å². The molecule has 0 saturated carbocycles. The van der Waals surface area contributed by atoms with E-state index in [4.69, 9.17) is 5.73 Å². The van der Waals surface area contributed by atoms with E-state index in [1.165, 1.54) is 0 Å². The van der Waals surface area contributed by atoms with Crippen molar-refractivity contribution in [2.45, 2.75) is 31.4 Å². The third-order valence-corrected chi connectivity index (χ3v) is 1.67. The fourth-order valence-corrected chi connectivity index (χ4v) is 0.722. The monoisotopic (exact) mass is 147 g/mol. The van der Waals surface area contributed by atoms with Gasteiger partial charge in [0.05, 0.1) is 5.25 Å². The lowest BCUT2D eigenvalue weighted by Gasteiger charge is -2.02. The molecule has 0 bridgehead atoms. The summed E-state index contributed by atoms with van der Waals surface area (Å²) in [5.41, 5.74) is 4.96. The minimum absolute atomic E-state index is 0.245. The molecule has 0 aliphatic carbocycles. The predicted molar refractivity (Wildman–Crippen MR) is 41.5 cm³/mol. The number of thiol groups is 1. The van der Waals surface area contributed by atoms with Gasteiger partial charge in [-0.05, 0) is 6.42 Å². The zero-order valence-electron chi connectivity index (χ0n) is 5.63. The van der Waals surface area contributed by atoms with Crippen LogP contribution in [0.3, 0.4) is 0 Å². The van der Waals surface area contributed by atoms with Crippen molar-refractivity contribution in [1.82, 2.24) is 0 Å². The largest absolute Gasteiger partial charge is 0.369 e. The van der Waals surface area contributed by atoms with Crippen molar-refractivity contribution in [2.24, 2.45) is 5.73 Å². The highest BCUT2D eigenvalue weighted by atomic mass is 32.1. The Morgan fingerprint density at radius 1 is 1.78 bits per heavy atom. The average Bonchev–Trinajstić information content (AvgIpc) is 1.82. The summed E-state index contributed by atoms with van der Waals surface area (Å²) in [7, 11) is 0. The predicted octanol–water partition coefficient (Wildman–Crippen LogP) is 0.960. The summed E-state index contributed by atoms with van der Waals surface area (Å²) in [5, 5.41) is -0.245. The first-order valence-electron chi connectivity index (χ1n) is 3.16. The quantitative estimate of drug-likeness (QED) is 0.571. The van der Waals surface area contributed by atoms with Crippen LogP contribution in [0.5, 0.6) is 0 Å². The first kappa shape index (κ1) is 8.82. The Kier molecular flexibility index (Phi) is 4.58. The molecule has 1 atom stereocenters. The smallest absolute Gasteiger partial charge is 0.230 e. The van der Waals surface area contributed by atoms with Crippen LogP contribution in [0.1, 0.15) is 26.2 Å². The van der Waals surface area contributed by atoms with Gasteiger partial charge >= 0.3 is 0 Å². The third-order valence-electron chi connectivity index (χ3n) is 1.16. The van der Waals surface area contributed by atoms with Crippen molar-refractivity contribution < 1.29 is 4.79 Å². The topological polar surface area (TPSA) is 43.1 Å². The molecule has 0 aliphatic heterocycles. The number of hydrogen-bond acceptors (Lipinski definition) is 2. The number of hydrogen-bond donors (Lipinski definition) is 2. The molecular weight excluding hydrogens is 134 g/mol. The van der Waals surface area contributed by atoms with Crippen LogP contribution in [0.2, 0.25) is 0 Å². The SMILES string of the molecule is CCCCC(S)C(N)=O. The van der Waals surface area contributed by atoms with Gasteiger partial charge in [0.25, 0.3) is 0 Å². The molecule has 0 rings (SSSR count). The van der Waals surface area contributed by atoms with Crippen molar-refractivity contribution in [3.05, 3.63) is 0 Å². The van der Waals surface area contributed by atoms with Gasteiger partial charge in [0.1, 0.15) is 0 Å². The Hall–Kier alpha value is -0.180. The van der Waals surface area contributed by atoms with Crippen LogP contribution in [0.15, 0.2) is 0 Å². The first-order valence-corrected chi connectivity index (χ1v) is 3.67. The number of nitrogens with two attached hydrogens (primary N) is 1. The second kappa shape index (κ2) is 4.68. The van der Waals surface area contributed by atoms with Crippen LogP contribution in [-0.2, 0) is 4.79 Å². The van der Waals surface area contributed by atoms with Gasteiger partial charge in [-0.2, -0.15) is 12.6 Å². The summed E-state index contributed by atoms with van der Waals surface area (Å²) < 4.78 is 0. The summed E-state index contributed by atoms with van der Waals surface area (Å²) in [6, 6.07) is 0. The van der Waals surface area contributed by atoms with Crippen LogP contribution in [0, 0.1) is 0 Å². The molecule has 0 aromatic rings. The number of primary amides is 1. The van der Waals surface area contributed by atoms with Crippen LogP contribution < -0.4 is 5.73 Å². The number of amides is 1. The van der Waals surface area contributed by atoms with E-state index in [-0.39, 0.29) is 11.2 Å². The van der Waals surface area contributed by atoms with E-state index in [1.54, 1.807) is 0 Å². The van der Waals surface area contributed by atoms with Gasteiger partial charge in [-0.15, -0.1) is 0 Å². The van der Waals surface area contributed by atoms with Gasteiger partial charge in [-0.25, -0.2) is 0 Å². The van der Waals surface area contributed by atoms with Crippen molar-refractivity contribution in [2.75, 3.05) is 0 Å². The van der Waals surface area contributed by atoms with Gasteiger partial charge in [0.15, 0.2) is 0 Å². The maximum atomic E-state index is 10.4. The Balaban J connectivity index is 3.27. The van der Waals surface area contributed by atoms with Gasteiger partial charge in [-0.1, -0.05) is 19.8 Å². The molecule has 0 heterocycles. The van der Waals surface area contributed by atoms with E-state index < -0.39 is 0 Å². The zero-order valence-corrected chi connectivity index (χ0v) is 6.53. The molecule has 0 spiro atoms. The second-order valence-electron chi connectivity index (χ2n) is 2.06. The van der Waals surface area contributed by atoms with Crippen LogP contribution in [-0.4, -0.2) is 11.2 Å². The summed E-state index contributed by atoms with van der Waals surface area (Å²) in [6.07, 6.45) is 2.91. The van der Waals surface area contributed by atoms with E-state index in [1.807, 2.05) is 0 Å². The minimum Gasteiger partial charge on any atom is -0.369 e. The molecule has 2 nitrogen and oxygen atoms in total. The van der Waals surface area contributed by atoms with Crippen molar-refractivity contribution >= 4 is 18.5 Å². The van der Waals surface area contributed by atoms with Crippen LogP contribution in [0.4, 0.5) is 0 Å².